The molecule has 1 N–H and O–H groups in total. The third-order valence-electron chi connectivity index (χ3n) is 7.36. The lowest BCUT2D eigenvalue weighted by atomic mass is 9.83. The first-order valence-electron chi connectivity index (χ1n) is 11.8. The molecule has 6 rings (SSSR count). The largest absolute Gasteiger partial charge is 0.506 e. The zero-order valence-corrected chi connectivity index (χ0v) is 20.4. The summed E-state index contributed by atoms with van der Waals surface area (Å²) in [6.07, 6.45) is 0.00869. The minimum absolute atomic E-state index is 0.0388. The van der Waals surface area contributed by atoms with Crippen LogP contribution in [0.15, 0.2) is 76.0 Å². The van der Waals surface area contributed by atoms with Crippen LogP contribution in [0.1, 0.15) is 35.7 Å². The van der Waals surface area contributed by atoms with E-state index in [-0.39, 0.29) is 17.4 Å². The third kappa shape index (κ3) is 3.84. The molecule has 1 aliphatic heterocycles. The fourth-order valence-electron chi connectivity index (χ4n) is 5.78. The average Bonchev–Trinajstić information content (AvgIpc) is 3.17. The number of carbonyl (C=O) groups is 1. The van der Waals surface area contributed by atoms with Gasteiger partial charge in [-0.2, -0.15) is 0 Å². The van der Waals surface area contributed by atoms with Crippen molar-refractivity contribution in [2.45, 2.75) is 37.8 Å². The molecule has 2 heterocycles. The van der Waals surface area contributed by atoms with Gasteiger partial charge >= 0.3 is 6.16 Å². The van der Waals surface area contributed by atoms with Crippen molar-refractivity contribution in [2.75, 3.05) is 0 Å². The molecule has 0 saturated carbocycles. The standard InChI is InChI=1S/C28H23BrN2O4/c29-17-10-11-22-24(13-17)30-26-12-9-16(15-31(26)27(22)32)25(35-28(33)34)14-23-20-7-3-1-5-18(20)19-6-2-4-8-21(19)23/h1-8,10-11,13,16,23,25H,9,12,14-15H2,(H,33,34). The molecule has 3 aromatic carbocycles. The molecule has 2 aliphatic rings. The van der Waals surface area contributed by atoms with E-state index in [0.717, 1.165) is 10.3 Å². The predicted octanol–water partition coefficient (Wildman–Crippen LogP) is 5.99. The molecule has 1 aliphatic carbocycles. The molecule has 0 fully saturated rings. The first kappa shape index (κ1) is 22.0. The van der Waals surface area contributed by atoms with Gasteiger partial charge in [0.2, 0.25) is 0 Å². The van der Waals surface area contributed by atoms with Crippen LogP contribution in [0.25, 0.3) is 22.0 Å². The highest BCUT2D eigenvalue weighted by atomic mass is 79.9. The number of rotatable bonds is 4. The maximum Gasteiger partial charge on any atom is 0.506 e. The molecule has 0 spiro atoms. The first-order chi connectivity index (χ1) is 17.0. The number of aromatic nitrogens is 2. The van der Waals surface area contributed by atoms with Gasteiger partial charge in [-0.15, -0.1) is 0 Å². The number of hydrogen-bond donors (Lipinski definition) is 1. The summed E-state index contributed by atoms with van der Waals surface area (Å²) in [6.45, 7) is 0.390. The molecule has 1 aromatic heterocycles. The maximum atomic E-state index is 13.3. The molecule has 7 heteroatoms. The van der Waals surface area contributed by atoms with Crippen LogP contribution >= 0.6 is 15.9 Å². The molecule has 0 bridgehead atoms. The summed E-state index contributed by atoms with van der Waals surface area (Å²) < 4.78 is 8.10. The fraction of sp³-hybridized carbons (Fsp3) is 0.250. The maximum absolute atomic E-state index is 13.3. The molecule has 2 atom stereocenters. The quantitative estimate of drug-likeness (QED) is 0.328. The Morgan fingerprint density at radius 2 is 1.77 bits per heavy atom. The van der Waals surface area contributed by atoms with E-state index < -0.39 is 12.3 Å². The van der Waals surface area contributed by atoms with Crippen molar-refractivity contribution in [1.82, 2.24) is 9.55 Å². The third-order valence-corrected chi connectivity index (χ3v) is 7.85. The minimum atomic E-state index is -1.28. The van der Waals surface area contributed by atoms with Crippen molar-refractivity contribution in [3.8, 4) is 11.1 Å². The van der Waals surface area contributed by atoms with Gasteiger partial charge in [0.25, 0.3) is 5.56 Å². The van der Waals surface area contributed by atoms with Crippen LogP contribution in [-0.2, 0) is 17.7 Å². The summed E-state index contributed by atoms with van der Waals surface area (Å²) in [6, 6.07) is 22.1. The van der Waals surface area contributed by atoms with Gasteiger partial charge in [0, 0.05) is 29.3 Å². The number of aryl methyl sites for hydroxylation is 1. The first-order valence-corrected chi connectivity index (χ1v) is 12.6. The van der Waals surface area contributed by atoms with E-state index >= 15 is 0 Å². The zero-order valence-electron chi connectivity index (χ0n) is 18.9. The van der Waals surface area contributed by atoms with Gasteiger partial charge in [-0.1, -0.05) is 64.5 Å². The monoisotopic (exact) mass is 530 g/mol. The second-order valence-electron chi connectivity index (χ2n) is 9.29. The molecule has 176 valence electrons. The molecule has 35 heavy (non-hydrogen) atoms. The number of fused-ring (bicyclic) bond motifs is 5. The number of nitrogens with zero attached hydrogens (tertiary/aromatic N) is 2. The lowest BCUT2D eigenvalue weighted by Gasteiger charge is -2.32. The zero-order chi connectivity index (χ0) is 24.1. The molecule has 0 amide bonds. The van der Waals surface area contributed by atoms with Gasteiger partial charge in [0.1, 0.15) is 11.9 Å². The highest BCUT2D eigenvalue weighted by Gasteiger charge is 2.36. The Hall–Kier alpha value is -3.45. The normalized spacial score (nSPS) is 17.5. The van der Waals surface area contributed by atoms with Crippen LogP contribution < -0.4 is 5.56 Å². The predicted molar refractivity (Wildman–Crippen MR) is 137 cm³/mol. The van der Waals surface area contributed by atoms with Gasteiger partial charge in [-0.3, -0.25) is 9.36 Å². The van der Waals surface area contributed by atoms with Crippen LogP contribution in [0, 0.1) is 5.92 Å². The van der Waals surface area contributed by atoms with Gasteiger partial charge < -0.3 is 9.84 Å². The minimum Gasteiger partial charge on any atom is -0.450 e. The van der Waals surface area contributed by atoms with Crippen LogP contribution in [0.2, 0.25) is 0 Å². The van der Waals surface area contributed by atoms with Gasteiger partial charge in [0.15, 0.2) is 0 Å². The second-order valence-corrected chi connectivity index (χ2v) is 10.2. The van der Waals surface area contributed by atoms with Crippen molar-refractivity contribution in [2.24, 2.45) is 5.92 Å². The van der Waals surface area contributed by atoms with Crippen molar-refractivity contribution in [3.63, 3.8) is 0 Å². The number of hydrogen-bond acceptors (Lipinski definition) is 4. The average molecular weight is 531 g/mol. The van der Waals surface area contributed by atoms with Crippen molar-refractivity contribution in [3.05, 3.63) is 98.5 Å². The molecular weight excluding hydrogens is 508 g/mol. The summed E-state index contributed by atoms with van der Waals surface area (Å²) >= 11 is 3.45. The topological polar surface area (TPSA) is 81.4 Å². The van der Waals surface area contributed by atoms with Gasteiger partial charge in [-0.05, 0) is 53.3 Å². The highest BCUT2D eigenvalue weighted by Crippen LogP contribution is 2.47. The summed E-state index contributed by atoms with van der Waals surface area (Å²) in [7, 11) is 0. The van der Waals surface area contributed by atoms with E-state index in [1.165, 1.54) is 22.3 Å². The molecular formula is C28H23BrN2O4. The summed E-state index contributed by atoms with van der Waals surface area (Å²) in [5.41, 5.74) is 5.35. The van der Waals surface area contributed by atoms with E-state index in [1.54, 1.807) is 10.6 Å². The van der Waals surface area contributed by atoms with E-state index in [1.807, 2.05) is 36.4 Å². The Balaban J connectivity index is 1.36. The number of halogens is 1. The number of benzene rings is 3. The Morgan fingerprint density at radius 3 is 2.46 bits per heavy atom. The van der Waals surface area contributed by atoms with Crippen LogP contribution in [0.5, 0.6) is 0 Å². The summed E-state index contributed by atoms with van der Waals surface area (Å²) in [5, 5.41) is 10.2. The Kier molecular flexibility index (Phi) is 5.44. The summed E-state index contributed by atoms with van der Waals surface area (Å²) in [4.78, 5) is 29.8. The Bertz CT molecular complexity index is 1480. The Morgan fingerprint density at radius 1 is 1.09 bits per heavy atom. The van der Waals surface area contributed by atoms with E-state index in [9.17, 15) is 14.7 Å². The van der Waals surface area contributed by atoms with Crippen molar-refractivity contribution in [1.29, 1.82) is 0 Å². The molecule has 6 nitrogen and oxygen atoms in total. The second kappa shape index (κ2) is 8.64. The molecule has 4 aromatic rings. The fourth-order valence-corrected chi connectivity index (χ4v) is 6.12. The van der Waals surface area contributed by atoms with Crippen LogP contribution in [0.4, 0.5) is 4.79 Å². The Labute approximate surface area is 210 Å². The number of ether oxygens (including phenoxy) is 1. The smallest absolute Gasteiger partial charge is 0.450 e. The lowest BCUT2D eigenvalue weighted by Crippen LogP contribution is -2.39. The summed E-state index contributed by atoms with van der Waals surface area (Å²) in [5.74, 6) is 0.658. The van der Waals surface area contributed by atoms with E-state index in [2.05, 4.69) is 40.2 Å². The molecule has 0 radical (unpaired) electrons. The van der Waals surface area contributed by atoms with E-state index in [4.69, 9.17) is 9.72 Å². The van der Waals surface area contributed by atoms with Gasteiger partial charge in [-0.25, -0.2) is 9.78 Å². The highest BCUT2D eigenvalue weighted by molar-refractivity contribution is 9.10. The lowest BCUT2D eigenvalue weighted by molar-refractivity contribution is 0.00875. The molecule has 0 saturated heterocycles. The van der Waals surface area contributed by atoms with Crippen molar-refractivity contribution < 1.29 is 14.6 Å². The van der Waals surface area contributed by atoms with E-state index in [0.29, 0.717) is 36.7 Å². The van der Waals surface area contributed by atoms with Gasteiger partial charge in [0.05, 0.1) is 10.9 Å². The SMILES string of the molecule is O=C(O)OC(CC1c2ccccc2-c2ccccc21)C1CCc2nc3cc(Br)ccc3c(=O)n2C1. The van der Waals surface area contributed by atoms with Crippen LogP contribution in [0.3, 0.4) is 0 Å². The molecule has 2 unspecified atom stereocenters. The van der Waals surface area contributed by atoms with Crippen molar-refractivity contribution >= 4 is 33.0 Å². The number of carboxylic acid groups (broad SMARTS) is 1. The van der Waals surface area contributed by atoms with Crippen LogP contribution in [-0.4, -0.2) is 26.9 Å².